The number of hydrogen-bond donors (Lipinski definition) is 1. The number of likely N-dealkylation sites (tertiary alicyclic amines) is 2. The van der Waals surface area contributed by atoms with Crippen LogP contribution in [0.1, 0.15) is 77.1 Å². The highest BCUT2D eigenvalue weighted by Gasteiger charge is 2.57. The molecule has 1 N–H and O–H groups in total. The van der Waals surface area contributed by atoms with Gasteiger partial charge in [-0.2, -0.15) is 0 Å². The quantitative estimate of drug-likeness (QED) is 0.134. The molecule has 2 spiro atoms. The first-order chi connectivity index (χ1) is 31.6. The lowest BCUT2D eigenvalue weighted by Crippen LogP contribution is -2.56. The zero-order valence-electron chi connectivity index (χ0n) is 40.1. The molecular weight excluding hydrogens is 837 g/mol. The van der Waals surface area contributed by atoms with Gasteiger partial charge in [-0.3, -0.25) is 29.2 Å². The fourth-order valence-electron chi connectivity index (χ4n) is 9.78. The Labute approximate surface area is 389 Å². The number of urea groups is 2. The number of aryl methyl sites for hydroxylation is 4. The molecule has 4 fully saturated rings. The van der Waals surface area contributed by atoms with Crippen molar-refractivity contribution in [2.24, 2.45) is 0 Å². The highest BCUT2D eigenvalue weighted by atomic mass is 16.5. The second kappa shape index (κ2) is 20.2. The Morgan fingerprint density at radius 1 is 0.500 bits per heavy atom. The third-order valence-corrected chi connectivity index (χ3v) is 14.0. The molecule has 4 aromatic rings. The predicted molar refractivity (Wildman–Crippen MR) is 253 cm³/mol. The lowest BCUT2D eigenvalue weighted by molar-refractivity contribution is -0.136. The first kappa shape index (κ1) is 47.8. The zero-order valence-corrected chi connectivity index (χ0v) is 40.1. The second-order valence-electron chi connectivity index (χ2n) is 18.2. The Morgan fingerprint density at radius 3 is 1.33 bits per heavy atom. The number of rotatable bonds is 13. The first-order valence-electron chi connectivity index (χ1n) is 22.9. The van der Waals surface area contributed by atoms with Crippen molar-refractivity contribution in [3.05, 3.63) is 117 Å². The van der Waals surface area contributed by atoms with Gasteiger partial charge in [0, 0.05) is 57.9 Å². The minimum Gasteiger partial charge on any atom is -0.497 e. The zero-order chi connectivity index (χ0) is 47.3. The van der Waals surface area contributed by atoms with E-state index >= 15 is 0 Å². The summed E-state index contributed by atoms with van der Waals surface area (Å²) in [6, 6.07) is 23.5. The maximum atomic E-state index is 13.7. The minimum absolute atomic E-state index is 0.0553. The molecule has 66 heavy (non-hydrogen) atoms. The Balaban J connectivity index is 0.000000197. The third kappa shape index (κ3) is 9.99. The fraction of sp³-hybridized carbons (Fsp3) is 0.462. The van der Waals surface area contributed by atoms with Crippen LogP contribution in [0.2, 0.25) is 0 Å². The van der Waals surface area contributed by atoms with Gasteiger partial charge in [0.15, 0.2) is 0 Å². The van der Waals surface area contributed by atoms with Gasteiger partial charge in [-0.15, -0.1) is 0 Å². The molecule has 4 aliphatic rings. The van der Waals surface area contributed by atoms with Crippen molar-refractivity contribution in [2.75, 3.05) is 61.2 Å². The average molecular weight is 903 g/mol. The van der Waals surface area contributed by atoms with Crippen molar-refractivity contribution in [1.29, 1.82) is 0 Å². The number of carbonyl (C=O) groups excluding carboxylic acids is 4. The molecule has 352 valence electrons. The number of hydrogen-bond acceptors (Lipinski definition) is 10. The number of carbonyl (C=O) groups is 4. The Bertz CT molecular complexity index is 2390. The molecule has 8 rings (SSSR count). The van der Waals surface area contributed by atoms with E-state index in [4.69, 9.17) is 18.9 Å². The summed E-state index contributed by atoms with van der Waals surface area (Å²) in [6.07, 6.45) is 2.47. The summed E-state index contributed by atoms with van der Waals surface area (Å²) in [5, 5.41) is 3.01. The monoisotopic (exact) mass is 902 g/mol. The molecule has 0 atom stereocenters. The van der Waals surface area contributed by atoms with E-state index in [0.717, 1.165) is 90.1 Å². The number of likely N-dealkylation sites (N-methyl/N-ethyl adjacent to an activating group) is 1. The van der Waals surface area contributed by atoms with E-state index in [1.54, 1.807) is 33.3 Å². The molecule has 4 saturated heterocycles. The van der Waals surface area contributed by atoms with Crippen LogP contribution < -0.4 is 24.3 Å². The maximum Gasteiger partial charge on any atom is 0.327 e. The van der Waals surface area contributed by atoms with Crippen molar-refractivity contribution >= 4 is 23.9 Å². The van der Waals surface area contributed by atoms with E-state index in [0.29, 0.717) is 45.3 Å². The Kier molecular flexibility index (Phi) is 14.6. The van der Waals surface area contributed by atoms with Gasteiger partial charge in [0.05, 0.1) is 41.5 Å². The van der Waals surface area contributed by atoms with Crippen molar-refractivity contribution in [3.8, 4) is 23.0 Å². The van der Waals surface area contributed by atoms with Crippen LogP contribution in [0.5, 0.6) is 23.0 Å². The van der Waals surface area contributed by atoms with Crippen molar-refractivity contribution < 1.29 is 38.1 Å². The van der Waals surface area contributed by atoms with Crippen molar-refractivity contribution in [2.45, 2.75) is 97.6 Å². The maximum absolute atomic E-state index is 13.7. The van der Waals surface area contributed by atoms with Crippen molar-refractivity contribution in [3.63, 3.8) is 0 Å². The lowest BCUT2D eigenvalue weighted by Gasteiger charge is -2.42. The predicted octanol–water partition coefficient (Wildman–Crippen LogP) is 7.55. The molecule has 0 unspecified atom stereocenters. The van der Waals surface area contributed by atoms with Gasteiger partial charge in [0.1, 0.15) is 34.1 Å². The number of amides is 6. The number of piperidine rings is 2. The van der Waals surface area contributed by atoms with Gasteiger partial charge >= 0.3 is 12.1 Å². The van der Waals surface area contributed by atoms with Gasteiger partial charge in [0.25, 0.3) is 11.8 Å². The van der Waals surface area contributed by atoms with Crippen molar-refractivity contribution in [1.82, 2.24) is 29.8 Å². The van der Waals surface area contributed by atoms with E-state index in [1.165, 1.54) is 26.5 Å². The normalized spacial score (nSPS) is 18.2. The largest absolute Gasteiger partial charge is 0.497 e. The standard InChI is InChI=1S/C27H35N3O4.C25H31N3O4/c1-6-30-26(32)29(18-21-8-7-19(2)20(3)13-21)25(31)27(30)9-11-28(12-10-27)17-22-14-23(33-4)16-24(15-22)34-5;1-17-5-6-19(11-18(17)2)16-28-23(29)25(26-24(28)30)7-9-27(10-8-25)15-20-12-21(31-3)14-22(13-20)32-4/h7-8,13-16H,6,9-12,17-18H2,1-5H3;5-6,11-14H,7-10,15-16H2,1-4H3,(H,26,30). The molecule has 0 bridgehead atoms. The number of imide groups is 2. The topological polar surface area (TPSA) is 133 Å². The van der Waals surface area contributed by atoms with Crippen LogP contribution in [-0.2, 0) is 35.8 Å². The van der Waals surface area contributed by atoms with Crippen LogP contribution >= 0.6 is 0 Å². The van der Waals surface area contributed by atoms with Crippen LogP contribution in [0.25, 0.3) is 0 Å². The number of ether oxygens (including phenoxy) is 4. The van der Waals surface area contributed by atoms with E-state index in [-0.39, 0.29) is 23.9 Å². The van der Waals surface area contributed by atoms with Crippen LogP contribution in [0.3, 0.4) is 0 Å². The summed E-state index contributed by atoms with van der Waals surface area (Å²) in [7, 11) is 6.58. The summed E-state index contributed by atoms with van der Waals surface area (Å²) in [5.74, 6) is 2.88. The number of nitrogens with one attached hydrogen (secondary N) is 1. The van der Waals surface area contributed by atoms with E-state index in [1.807, 2.05) is 74.5 Å². The molecule has 4 aromatic carbocycles. The second-order valence-corrected chi connectivity index (χ2v) is 18.2. The van der Waals surface area contributed by atoms with E-state index < -0.39 is 11.1 Å². The summed E-state index contributed by atoms with van der Waals surface area (Å²) < 4.78 is 21.5. The molecular formula is C52H66N6O8. The lowest BCUT2D eigenvalue weighted by atomic mass is 9.85. The molecule has 0 aromatic heterocycles. The van der Waals surface area contributed by atoms with Gasteiger partial charge in [-0.25, -0.2) is 9.59 Å². The fourth-order valence-corrected chi connectivity index (χ4v) is 9.78. The molecule has 4 aliphatic heterocycles. The van der Waals surface area contributed by atoms with Crippen LogP contribution in [-0.4, -0.2) is 121 Å². The SMILES string of the molecule is CCN1C(=O)N(Cc2ccc(C)c(C)c2)C(=O)C12CCN(Cc1cc(OC)cc(OC)c1)CC2.COc1cc(CN2CCC3(CC2)NC(=O)N(Cc2ccc(C)c(C)c2)C3=O)cc(OC)c1. The molecule has 6 amide bonds. The summed E-state index contributed by atoms with van der Waals surface area (Å²) >= 11 is 0. The Hall–Kier alpha value is -6.12. The summed E-state index contributed by atoms with van der Waals surface area (Å²) in [4.78, 5) is 62.1. The van der Waals surface area contributed by atoms with Gasteiger partial charge in [-0.1, -0.05) is 36.4 Å². The Morgan fingerprint density at radius 2 is 0.924 bits per heavy atom. The molecule has 4 heterocycles. The smallest absolute Gasteiger partial charge is 0.327 e. The molecule has 0 saturated carbocycles. The van der Waals surface area contributed by atoms with Gasteiger partial charge < -0.3 is 29.2 Å². The molecule has 0 aliphatic carbocycles. The van der Waals surface area contributed by atoms with Crippen LogP contribution in [0, 0.1) is 27.7 Å². The number of methoxy groups -OCH3 is 4. The van der Waals surface area contributed by atoms with Crippen LogP contribution in [0.4, 0.5) is 9.59 Å². The van der Waals surface area contributed by atoms with Gasteiger partial charge in [0.2, 0.25) is 0 Å². The highest BCUT2D eigenvalue weighted by molar-refractivity contribution is 6.07. The number of nitrogens with zero attached hydrogens (tertiary/aromatic N) is 5. The molecule has 14 nitrogen and oxygen atoms in total. The summed E-state index contributed by atoms with van der Waals surface area (Å²) in [6.45, 7) is 15.7. The molecule has 14 heteroatoms. The van der Waals surface area contributed by atoms with Crippen LogP contribution in [0.15, 0.2) is 72.8 Å². The van der Waals surface area contributed by atoms with E-state index in [9.17, 15) is 19.2 Å². The van der Waals surface area contributed by atoms with Gasteiger partial charge in [-0.05, 0) is 129 Å². The molecule has 0 radical (unpaired) electrons. The first-order valence-corrected chi connectivity index (χ1v) is 22.9. The third-order valence-electron chi connectivity index (χ3n) is 14.0. The van der Waals surface area contributed by atoms with E-state index in [2.05, 4.69) is 48.0 Å². The average Bonchev–Trinajstić information content (AvgIpc) is 3.65. The summed E-state index contributed by atoms with van der Waals surface area (Å²) in [5.41, 5.74) is 7.35. The highest BCUT2D eigenvalue weighted by Crippen LogP contribution is 2.39. The number of benzene rings is 4. The minimum atomic E-state index is -0.792.